The molecule has 0 fully saturated rings. The number of nitrogens with zero attached hydrogens (tertiary/aromatic N) is 2. The number of ether oxygens (including phenoxy) is 3. The van der Waals surface area contributed by atoms with E-state index in [9.17, 15) is 9.59 Å². The average molecular weight is 344 g/mol. The summed E-state index contributed by atoms with van der Waals surface area (Å²) >= 11 is 0. The highest BCUT2D eigenvalue weighted by molar-refractivity contribution is 6.13. The molecule has 0 spiro atoms. The van der Waals surface area contributed by atoms with Crippen LogP contribution in [0.15, 0.2) is 41.2 Å². The van der Waals surface area contributed by atoms with E-state index in [-0.39, 0.29) is 12.7 Å². The minimum Gasteiger partial charge on any atom is -0.465 e. The lowest BCUT2D eigenvalue weighted by Crippen LogP contribution is -2.25. The highest BCUT2D eigenvalue weighted by Crippen LogP contribution is 2.35. The Bertz CT molecular complexity index is 795. The summed E-state index contributed by atoms with van der Waals surface area (Å²) in [6, 6.07) is 5.53. The summed E-state index contributed by atoms with van der Waals surface area (Å²) in [6.45, 7) is 2.27. The zero-order chi connectivity index (χ0) is 18.1. The van der Waals surface area contributed by atoms with Gasteiger partial charge in [0, 0.05) is 26.0 Å². The third kappa shape index (κ3) is 3.05. The summed E-state index contributed by atoms with van der Waals surface area (Å²) in [5.41, 5.74) is 2.08. The van der Waals surface area contributed by atoms with Gasteiger partial charge in [0.25, 0.3) is 5.91 Å². The number of methoxy groups -OCH3 is 1. The van der Waals surface area contributed by atoms with Crippen LogP contribution in [0.5, 0.6) is 11.5 Å². The molecule has 132 valence electrons. The quantitative estimate of drug-likeness (QED) is 0.611. The highest BCUT2D eigenvalue weighted by Gasteiger charge is 2.37. The summed E-state index contributed by atoms with van der Waals surface area (Å²) in [7, 11) is 4.90. The van der Waals surface area contributed by atoms with Gasteiger partial charge in [-0.25, -0.2) is 4.79 Å². The first-order valence-corrected chi connectivity index (χ1v) is 7.80. The van der Waals surface area contributed by atoms with Crippen molar-refractivity contribution in [3.05, 3.63) is 46.8 Å². The monoisotopic (exact) mass is 344 g/mol. The van der Waals surface area contributed by atoms with E-state index in [0.29, 0.717) is 34.9 Å². The number of amides is 1. The molecule has 0 saturated carbocycles. The Hall–Kier alpha value is -2.96. The van der Waals surface area contributed by atoms with Crippen LogP contribution < -0.4 is 9.47 Å². The predicted molar refractivity (Wildman–Crippen MR) is 89.6 cm³/mol. The van der Waals surface area contributed by atoms with Gasteiger partial charge in [-0.1, -0.05) is 6.07 Å². The molecule has 3 rings (SSSR count). The lowest BCUT2D eigenvalue weighted by Gasteiger charge is -2.18. The van der Waals surface area contributed by atoms with Gasteiger partial charge >= 0.3 is 5.97 Å². The number of allylic oxidation sites excluding steroid dienone is 1. The van der Waals surface area contributed by atoms with Crippen molar-refractivity contribution in [3.63, 3.8) is 0 Å². The van der Waals surface area contributed by atoms with Gasteiger partial charge in [0.2, 0.25) is 6.79 Å². The largest absolute Gasteiger partial charge is 0.465 e. The van der Waals surface area contributed by atoms with E-state index in [0.717, 1.165) is 5.56 Å². The highest BCUT2D eigenvalue weighted by atomic mass is 16.7. The number of carbonyl (C=O) groups excluding carboxylic acids is 2. The van der Waals surface area contributed by atoms with Gasteiger partial charge in [-0.2, -0.15) is 0 Å². The Morgan fingerprint density at radius 1 is 1.32 bits per heavy atom. The van der Waals surface area contributed by atoms with E-state index in [4.69, 9.17) is 14.2 Å². The minimum absolute atomic E-state index is 0.197. The van der Waals surface area contributed by atoms with E-state index in [1.165, 1.54) is 7.11 Å². The van der Waals surface area contributed by atoms with Gasteiger partial charge in [-0.3, -0.25) is 4.79 Å². The molecule has 0 N–H and O–H groups in total. The third-order valence-electron chi connectivity index (χ3n) is 4.07. The van der Waals surface area contributed by atoms with Crippen LogP contribution in [0.1, 0.15) is 12.5 Å². The van der Waals surface area contributed by atoms with Gasteiger partial charge in [-0.05, 0) is 24.6 Å². The van der Waals surface area contributed by atoms with Crippen LogP contribution in [0.25, 0.3) is 0 Å². The number of hydrogen-bond acceptors (Lipinski definition) is 6. The zero-order valence-electron chi connectivity index (χ0n) is 14.7. The van der Waals surface area contributed by atoms with Crippen molar-refractivity contribution in [3.8, 4) is 11.5 Å². The smallest absolute Gasteiger partial charge is 0.340 e. The Kier molecular flexibility index (Phi) is 4.39. The van der Waals surface area contributed by atoms with Crippen molar-refractivity contribution in [1.29, 1.82) is 0 Å². The second-order valence-corrected chi connectivity index (χ2v) is 6.04. The molecular formula is C18H20N2O5. The van der Waals surface area contributed by atoms with Crippen molar-refractivity contribution in [2.24, 2.45) is 0 Å². The van der Waals surface area contributed by atoms with Crippen molar-refractivity contribution < 1.29 is 23.8 Å². The van der Waals surface area contributed by atoms with Gasteiger partial charge < -0.3 is 24.0 Å². The number of carbonyl (C=O) groups is 2. The van der Waals surface area contributed by atoms with Crippen LogP contribution in [0.2, 0.25) is 0 Å². The van der Waals surface area contributed by atoms with E-state index in [2.05, 4.69) is 0 Å². The van der Waals surface area contributed by atoms with E-state index < -0.39 is 5.97 Å². The maximum absolute atomic E-state index is 12.8. The first kappa shape index (κ1) is 16.9. The molecule has 25 heavy (non-hydrogen) atoms. The molecule has 0 unspecified atom stereocenters. The third-order valence-corrected chi connectivity index (χ3v) is 4.07. The molecule has 2 aliphatic heterocycles. The number of rotatable bonds is 4. The van der Waals surface area contributed by atoms with Crippen molar-refractivity contribution in [2.75, 3.05) is 28.0 Å². The molecule has 0 saturated heterocycles. The lowest BCUT2D eigenvalue weighted by atomic mass is 10.1. The Balaban J connectivity index is 1.94. The summed E-state index contributed by atoms with van der Waals surface area (Å²) < 4.78 is 15.5. The number of fused-ring (bicyclic) bond motifs is 1. The molecule has 7 heteroatoms. The van der Waals surface area contributed by atoms with Gasteiger partial charge in [0.15, 0.2) is 11.5 Å². The first-order valence-electron chi connectivity index (χ1n) is 7.80. The van der Waals surface area contributed by atoms with Crippen LogP contribution in [-0.4, -0.2) is 49.7 Å². The molecular weight excluding hydrogens is 324 g/mol. The average Bonchev–Trinajstić information content (AvgIpc) is 3.12. The molecule has 0 bridgehead atoms. The van der Waals surface area contributed by atoms with Crippen molar-refractivity contribution in [1.82, 2.24) is 9.80 Å². The Morgan fingerprint density at radius 3 is 2.72 bits per heavy atom. The summed E-state index contributed by atoms with van der Waals surface area (Å²) in [5, 5.41) is 0. The van der Waals surface area contributed by atoms with Gasteiger partial charge in [-0.15, -0.1) is 0 Å². The molecule has 1 amide bonds. The molecule has 2 aliphatic rings. The lowest BCUT2D eigenvalue weighted by molar-refractivity contribution is -0.136. The van der Waals surface area contributed by atoms with Gasteiger partial charge in [0.1, 0.15) is 0 Å². The number of benzene rings is 1. The topological polar surface area (TPSA) is 68.3 Å². The first-order chi connectivity index (χ1) is 11.9. The predicted octanol–water partition coefficient (Wildman–Crippen LogP) is 1.65. The number of hydrogen-bond donors (Lipinski definition) is 0. The zero-order valence-corrected chi connectivity index (χ0v) is 14.7. The van der Waals surface area contributed by atoms with Crippen LogP contribution in [-0.2, 0) is 20.9 Å². The van der Waals surface area contributed by atoms with Gasteiger partial charge in [0.05, 0.1) is 24.8 Å². The Morgan fingerprint density at radius 2 is 2.04 bits per heavy atom. The maximum Gasteiger partial charge on any atom is 0.340 e. The molecule has 7 nitrogen and oxygen atoms in total. The van der Waals surface area contributed by atoms with E-state index >= 15 is 0 Å². The van der Waals surface area contributed by atoms with Crippen LogP contribution >= 0.6 is 0 Å². The molecule has 1 aromatic carbocycles. The van der Waals surface area contributed by atoms with Crippen LogP contribution in [0.4, 0.5) is 0 Å². The second-order valence-electron chi connectivity index (χ2n) is 6.04. The molecule has 0 aliphatic carbocycles. The summed E-state index contributed by atoms with van der Waals surface area (Å²) in [5.74, 6) is 0.589. The fourth-order valence-corrected chi connectivity index (χ4v) is 2.88. The maximum atomic E-state index is 12.8. The van der Waals surface area contributed by atoms with Crippen molar-refractivity contribution in [2.45, 2.75) is 13.5 Å². The summed E-state index contributed by atoms with van der Waals surface area (Å²) in [6.07, 6.45) is 1.64. The molecule has 0 radical (unpaired) electrons. The fraction of sp³-hybridized carbons (Fsp3) is 0.333. The number of esters is 1. The van der Waals surface area contributed by atoms with Crippen molar-refractivity contribution >= 4 is 11.9 Å². The minimum atomic E-state index is -0.521. The summed E-state index contributed by atoms with van der Waals surface area (Å²) in [4.78, 5) is 28.3. The molecule has 0 atom stereocenters. The second kappa shape index (κ2) is 6.51. The van der Waals surface area contributed by atoms with Crippen LogP contribution in [0, 0.1) is 0 Å². The molecule has 1 aromatic rings. The fourth-order valence-electron chi connectivity index (χ4n) is 2.88. The van der Waals surface area contributed by atoms with E-state index in [1.54, 1.807) is 37.0 Å². The standard InChI is InChI=1S/C18H20N2O5/c1-11-16(18(22)23-4)13(9-19(2)3)17(21)20(11)8-12-5-6-14-15(7-12)25-10-24-14/h5-7,9H,8,10H2,1-4H3/b13-9-. The SMILES string of the molecule is COC(=O)C1=C(C)N(Cc2ccc3c(c2)OCO3)C(=O)/C1=C\N(C)C. The van der Waals surface area contributed by atoms with E-state index in [1.807, 2.05) is 18.2 Å². The van der Waals surface area contributed by atoms with Crippen LogP contribution in [0.3, 0.4) is 0 Å². The normalized spacial score (nSPS) is 17.5. The molecule has 0 aromatic heterocycles. The molecule has 2 heterocycles. The Labute approximate surface area is 146 Å².